The SMILES string of the molecule is O=C(C1CCC(CN2C(=O)C=CC2=O)CC1)N1CCCC1. The van der Waals surface area contributed by atoms with Gasteiger partial charge in [0.2, 0.25) is 5.91 Å². The van der Waals surface area contributed by atoms with E-state index < -0.39 is 0 Å². The summed E-state index contributed by atoms with van der Waals surface area (Å²) in [5.74, 6) is 0.425. The van der Waals surface area contributed by atoms with E-state index in [1.165, 1.54) is 17.1 Å². The van der Waals surface area contributed by atoms with Gasteiger partial charge in [0.05, 0.1) is 0 Å². The Kier molecular flexibility index (Phi) is 4.08. The summed E-state index contributed by atoms with van der Waals surface area (Å²) in [4.78, 5) is 38.8. The van der Waals surface area contributed by atoms with Crippen molar-refractivity contribution in [1.82, 2.24) is 9.80 Å². The van der Waals surface area contributed by atoms with E-state index in [0.29, 0.717) is 18.4 Å². The molecule has 0 radical (unpaired) electrons. The molecule has 21 heavy (non-hydrogen) atoms. The molecule has 5 nitrogen and oxygen atoms in total. The maximum absolute atomic E-state index is 12.4. The van der Waals surface area contributed by atoms with Crippen LogP contribution in [-0.2, 0) is 14.4 Å². The van der Waals surface area contributed by atoms with Crippen molar-refractivity contribution < 1.29 is 14.4 Å². The minimum absolute atomic E-state index is 0.155. The molecule has 1 aliphatic carbocycles. The number of hydrogen-bond acceptors (Lipinski definition) is 3. The van der Waals surface area contributed by atoms with Crippen molar-refractivity contribution in [2.24, 2.45) is 11.8 Å². The van der Waals surface area contributed by atoms with E-state index >= 15 is 0 Å². The second-order valence-corrected chi connectivity index (χ2v) is 6.37. The summed E-state index contributed by atoms with van der Waals surface area (Å²) >= 11 is 0. The van der Waals surface area contributed by atoms with Crippen molar-refractivity contribution in [1.29, 1.82) is 0 Å². The molecule has 3 rings (SSSR count). The number of carbonyl (C=O) groups is 3. The van der Waals surface area contributed by atoms with Gasteiger partial charge in [0.15, 0.2) is 0 Å². The molecule has 1 saturated heterocycles. The standard InChI is InChI=1S/C16H22N2O3/c19-14-7-8-15(20)18(14)11-12-3-5-13(6-4-12)16(21)17-9-1-2-10-17/h7-8,12-13H,1-6,9-11H2. The molecule has 0 aromatic heterocycles. The van der Waals surface area contributed by atoms with Crippen LogP contribution in [0.15, 0.2) is 12.2 Å². The van der Waals surface area contributed by atoms with E-state index in [1.807, 2.05) is 4.90 Å². The fraction of sp³-hybridized carbons (Fsp3) is 0.688. The Bertz CT molecular complexity index is 454. The summed E-state index contributed by atoms with van der Waals surface area (Å²) in [5, 5.41) is 0. The molecule has 0 aromatic carbocycles. The van der Waals surface area contributed by atoms with Crippen LogP contribution in [0.25, 0.3) is 0 Å². The molecule has 2 heterocycles. The molecule has 0 unspecified atom stereocenters. The molecule has 0 N–H and O–H groups in total. The summed E-state index contributed by atoms with van der Waals surface area (Å²) in [6.45, 7) is 2.34. The van der Waals surface area contributed by atoms with E-state index in [4.69, 9.17) is 0 Å². The average molecular weight is 290 g/mol. The van der Waals surface area contributed by atoms with Crippen LogP contribution < -0.4 is 0 Å². The van der Waals surface area contributed by atoms with Crippen LogP contribution >= 0.6 is 0 Å². The van der Waals surface area contributed by atoms with Crippen LogP contribution in [0.5, 0.6) is 0 Å². The first-order chi connectivity index (χ1) is 10.1. The zero-order valence-corrected chi connectivity index (χ0v) is 12.3. The fourth-order valence-corrected chi connectivity index (χ4v) is 3.66. The highest BCUT2D eigenvalue weighted by atomic mass is 16.2. The third-order valence-electron chi connectivity index (χ3n) is 4.96. The predicted molar refractivity (Wildman–Crippen MR) is 77.1 cm³/mol. The van der Waals surface area contributed by atoms with Crippen LogP contribution in [0.3, 0.4) is 0 Å². The van der Waals surface area contributed by atoms with Gasteiger partial charge in [0.1, 0.15) is 0 Å². The number of likely N-dealkylation sites (tertiary alicyclic amines) is 1. The molecule has 0 spiro atoms. The van der Waals surface area contributed by atoms with E-state index in [0.717, 1.165) is 51.6 Å². The van der Waals surface area contributed by atoms with Gasteiger partial charge in [0.25, 0.3) is 11.8 Å². The molecule has 1 saturated carbocycles. The number of hydrogen-bond donors (Lipinski definition) is 0. The van der Waals surface area contributed by atoms with Gasteiger partial charge in [0, 0.05) is 37.7 Å². The van der Waals surface area contributed by atoms with Crippen molar-refractivity contribution in [3.8, 4) is 0 Å². The third-order valence-corrected chi connectivity index (χ3v) is 4.96. The molecule has 5 heteroatoms. The molecular weight excluding hydrogens is 268 g/mol. The maximum atomic E-state index is 12.4. The number of nitrogens with zero attached hydrogens (tertiary/aromatic N) is 2. The Morgan fingerprint density at radius 2 is 1.57 bits per heavy atom. The highest BCUT2D eigenvalue weighted by Gasteiger charge is 2.33. The highest BCUT2D eigenvalue weighted by Crippen LogP contribution is 2.31. The lowest BCUT2D eigenvalue weighted by Gasteiger charge is -2.31. The first kappa shape index (κ1) is 14.3. The van der Waals surface area contributed by atoms with Crippen LogP contribution in [0.2, 0.25) is 0 Å². The van der Waals surface area contributed by atoms with Crippen LogP contribution in [-0.4, -0.2) is 47.2 Å². The smallest absolute Gasteiger partial charge is 0.253 e. The lowest BCUT2D eigenvalue weighted by molar-refractivity contribution is -0.139. The minimum atomic E-state index is -0.199. The highest BCUT2D eigenvalue weighted by molar-refractivity contribution is 6.12. The van der Waals surface area contributed by atoms with Crippen LogP contribution in [0.4, 0.5) is 0 Å². The topological polar surface area (TPSA) is 57.7 Å². The first-order valence-corrected chi connectivity index (χ1v) is 7.97. The van der Waals surface area contributed by atoms with Crippen LogP contribution in [0.1, 0.15) is 38.5 Å². The number of amides is 3. The molecule has 2 fully saturated rings. The Balaban J connectivity index is 1.48. The van der Waals surface area contributed by atoms with Crippen LogP contribution in [0, 0.1) is 11.8 Å². The first-order valence-electron chi connectivity index (χ1n) is 7.97. The molecular formula is C16H22N2O3. The Morgan fingerprint density at radius 3 is 2.14 bits per heavy atom. The lowest BCUT2D eigenvalue weighted by atomic mass is 9.81. The quantitative estimate of drug-likeness (QED) is 0.737. The monoisotopic (exact) mass is 290 g/mol. The molecule has 3 aliphatic rings. The molecule has 0 atom stereocenters. The average Bonchev–Trinajstić information content (AvgIpc) is 3.13. The van der Waals surface area contributed by atoms with Crippen molar-refractivity contribution in [3.05, 3.63) is 12.2 Å². The largest absolute Gasteiger partial charge is 0.342 e. The van der Waals surface area contributed by atoms with Crippen molar-refractivity contribution in [2.45, 2.75) is 38.5 Å². The maximum Gasteiger partial charge on any atom is 0.253 e. The molecule has 2 aliphatic heterocycles. The number of rotatable bonds is 3. The second-order valence-electron chi connectivity index (χ2n) is 6.37. The van der Waals surface area contributed by atoms with Gasteiger partial charge < -0.3 is 4.90 Å². The van der Waals surface area contributed by atoms with Gasteiger partial charge in [-0.2, -0.15) is 0 Å². The van der Waals surface area contributed by atoms with Gasteiger partial charge in [-0.15, -0.1) is 0 Å². The van der Waals surface area contributed by atoms with E-state index in [9.17, 15) is 14.4 Å². The predicted octanol–water partition coefficient (Wildman–Crippen LogP) is 1.34. The van der Waals surface area contributed by atoms with Crippen molar-refractivity contribution in [2.75, 3.05) is 19.6 Å². The number of carbonyl (C=O) groups excluding carboxylic acids is 3. The lowest BCUT2D eigenvalue weighted by Crippen LogP contribution is -2.39. The Morgan fingerprint density at radius 1 is 1.00 bits per heavy atom. The summed E-state index contributed by atoms with van der Waals surface area (Å²) in [6, 6.07) is 0. The van der Waals surface area contributed by atoms with Gasteiger partial charge >= 0.3 is 0 Å². The zero-order valence-electron chi connectivity index (χ0n) is 12.3. The molecule has 3 amide bonds. The van der Waals surface area contributed by atoms with E-state index in [2.05, 4.69) is 0 Å². The third kappa shape index (κ3) is 3.01. The molecule has 0 aromatic rings. The van der Waals surface area contributed by atoms with E-state index in [1.54, 1.807) is 0 Å². The normalized spacial score (nSPS) is 29.5. The second kappa shape index (κ2) is 6.00. The zero-order chi connectivity index (χ0) is 14.8. The number of imide groups is 1. The fourth-order valence-electron chi connectivity index (χ4n) is 3.66. The Labute approximate surface area is 125 Å². The summed E-state index contributed by atoms with van der Waals surface area (Å²) in [5.41, 5.74) is 0. The summed E-state index contributed by atoms with van der Waals surface area (Å²) in [7, 11) is 0. The molecule has 0 bridgehead atoms. The minimum Gasteiger partial charge on any atom is -0.342 e. The Hall–Kier alpha value is -1.65. The summed E-state index contributed by atoms with van der Waals surface area (Å²) < 4.78 is 0. The van der Waals surface area contributed by atoms with Crippen molar-refractivity contribution >= 4 is 17.7 Å². The molecule has 114 valence electrons. The van der Waals surface area contributed by atoms with Gasteiger partial charge in [-0.05, 0) is 44.4 Å². The van der Waals surface area contributed by atoms with Gasteiger partial charge in [-0.1, -0.05) is 0 Å². The van der Waals surface area contributed by atoms with E-state index in [-0.39, 0.29) is 17.7 Å². The van der Waals surface area contributed by atoms with Gasteiger partial charge in [-0.3, -0.25) is 19.3 Å². The van der Waals surface area contributed by atoms with Crippen molar-refractivity contribution in [3.63, 3.8) is 0 Å². The summed E-state index contributed by atoms with van der Waals surface area (Å²) in [6.07, 6.45) is 8.59. The van der Waals surface area contributed by atoms with Gasteiger partial charge in [-0.25, -0.2) is 0 Å².